The molecule has 1 atom stereocenters. The zero-order valence-electron chi connectivity index (χ0n) is 19.3. The average molecular weight is 553 g/mol. The van der Waals surface area contributed by atoms with Gasteiger partial charge >= 0.3 is 0 Å². The molecule has 2 aromatic carbocycles. The summed E-state index contributed by atoms with van der Waals surface area (Å²) in [6.45, 7) is 8.66. The number of hydrogen-bond acceptors (Lipinski definition) is 4. The van der Waals surface area contributed by atoms with Crippen molar-refractivity contribution in [2.24, 2.45) is 10.9 Å². The number of nitrogens with zero attached hydrogens (tertiary/aromatic N) is 2. The molecule has 2 N–H and O–H groups in total. The molecule has 0 radical (unpaired) electrons. The van der Waals surface area contributed by atoms with Crippen LogP contribution in [0.1, 0.15) is 24.5 Å². The SMILES string of the molecule is CCNC(=NCc1ccc(NCCOC)cc1)N1CCC(COCc2ccccc2)C1.I. The zero-order valence-corrected chi connectivity index (χ0v) is 21.6. The van der Waals surface area contributed by atoms with Gasteiger partial charge in [-0.15, -0.1) is 24.0 Å². The number of likely N-dealkylation sites (tertiary alicyclic amines) is 1. The molecule has 3 rings (SSSR count). The summed E-state index contributed by atoms with van der Waals surface area (Å²) in [6.07, 6.45) is 1.14. The molecule has 7 heteroatoms. The largest absolute Gasteiger partial charge is 0.383 e. The highest BCUT2D eigenvalue weighted by Gasteiger charge is 2.25. The molecule has 32 heavy (non-hydrogen) atoms. The summed E-state index contributed by atoms with van der Waals surface area (Å²) >= 11 is 0. The van der Waals surface area contributed by atoms with Gasteiger partial charge in [0.2, 0.25) is 0 Å². The summed E-state index contributed by atoms with van der Waals surface area (Å²) in [5.41, 5.74) is 3.54. The van der Waals surface area contributed by atoms with Crippen LogP contribution in [-0.4, -0.2) is 57.4 Å². The van der Waals surface area contributed by atoms with Crippen LogP contribution < -0.4 is 10.6 Å². The fraction of sp³-hybridized carbons (Fsp3) is 0.480. The van der Waals surface area contributed by atoms with Crippen LogP contribution in [0.3, 0.4) is 0 Å². The minimum atomic E-state index is 0. The minimum absolute atomic E-state index is 0. The van der Waals surface area contributed by atoms with Crippen LogP contribution in [0.4, 0.5) is 5.69 Å². The van der Waals surface area contributed by atoms with Crippen molar-refractivity contribution >= 4 is 35.6 Å². The van der Waals surface area contributed by atoms with E-state index < -0.39 is 0 Å². The number of benzene rings is 2. The number of nitrogens with one attached hydrogen (secondary N) is 2. The smallest absolute Gasteiger partial charge is 0.194 e. The van der Waals surface area contributed by atoms with Crippen molar-refractivity contribution in [1.82, 2.24) is 10.2 Å². The van der Waals surface area contributed by atoms with Gasteiger partial charge in [-0.3, -0.25) is 0 Å². The third-order valence-electron chi connectivity index (χ3n) is 5.39. The van der Waals surface area contributed by atoms with E-state index in [0.29, 0.717) is 25.7 Å². The number of halogens is 1. The molecule has 0 saturated carbocycles. The van der Waals surface area contributed by atoms with E-state index in [1.807, 2.05) is 6.07 Å². The first kappa shape index (κ1) is 26.4. The summed E-state index contributed by atoms with van der Waals surface area (Å²) in [5.74, 6) is 1.54. The van der Waals surface area contributed by atoms with Crippen molar-refractivity contribution in [3.63, 3.8) is 0 Å². The second-order valence-corrected chi connectivity index (χ2v) is 7.89. The number of anilines is 1. The van der Waals surface area contributed by atoms with Gasteiger partial charge in [-0.1, -0.05) is 42.5 Å². The molecule has 1 aliphatic rings. The van der Waals surface area contributed by atoms with Crippen molar-refractivity contribution in [3.8, 4) is 0 Å². The number of guanidine groups is 1. The summed E-state index contributed by atoms with van der Waals surface area (Å²) in [4.78, 5) is 7.25. The fourth-order valence-corrected chi connectivity index (χ4v) is 3.70. The first-order valence-corrected chi connectivity index (χ1v) is 11.2. The molecule has 6 nitrogen and oxygen atoms in total. The lowest BCUT2D eigenvalue weighted by Crippen LogP contribution is -2.40. The van der Waals surface area contributed by atoms with Gasteiger partial charge in [-0.25, -0.2) is 4.99 Å². The summed E-state index contributed by atoms with van der Waals surface area (Å²) < 4.78 is 11.0. The number of rotatable bonds is 11. The van der Waals surface area contributed by atoms with Crippen molar-refractivity contribution < 1.29 is 9.47 Å². The van der Waals surface area contributed by atoms with Crippen LogP contribution >= 0.6 is 24.0 Å². The lowest BCUT2D eigenvalue weighted by atomic mass is 10.1. The number of hydrogen-bond donors (Lipinski definition) is 2. The Bertz CT molecular complexity index is 786. The molecular formula is C25H37IN4O2. The molecule has 2 aromatic rings. The Morgan fingerprint density at radius 3 is 2.59 bits per heavy atom. The summed E-state index contributed by atoms with van der Waals surface area (Å²) in [5, 5.41) is 6.79. The lowest BCUT2D eigenvalue weighted by Gasteiger charge is -2.21. The van der Waals surface area contributed by atoms with E-state index in [-0.39, 0.29) is 24.0 Å². The van der Waals surface area contributed by atoms with Crippen LogP contribution in [0.25, 0.3) is 0 Å². The van der Waals surface area contributed by atoms with Crippen LogP contribution in [0.15, 0.2) is 59.6 Å². The number of ether oxygens (including phenoxy) is 2. The highest BCUT2D eigenvalue weighted by Crippen LogP contribution is 2.18. The molecule has 1 fully saturated rings. The van der Waals surface area contributed by atoms with Crippen molar-refractivity contribution in [3.05, 3.63) is 65.7 Å². The predicted molar refractivity (Wildman–Crippen MR) is 143 cm³/mol. The molecule has 1 unspecified atom stereocenters. The first-order valence-electron chi connectivity index (χ1n) is 11.2. The highest BCUT2D eigenvalue weighted by atomic mass is 127. The maximum absolute atomic E-state index is 5.97. The Labute approximate surface area is 209 Å². The van der Waals surface area contributed by atoms with E-state index in [0.717, 1.165) is 50.9 Å². The second kappa shape index (κ2) is 15.1. The van der Waals surface area contributed by atoms with Gasteiger partial charge in [-0.05, 0) is 36.6 Å². The third kappa shape index (κ3) is 8.96. The van der Waals surface area contributed by atoms with E-state index >= 15 is 0 Å². The molecular weight excluding hydrogens is 515 g/mol. The number of methoxy groups -OCH3 is 1. The molecule has 0 bridgehead atoms. The first-order chi connectivity index (χ1) is 15.3. The quantitative estimate of drug-likeness (QED) is 0.188. The van der Waals surface area contributed by atoms with Gasteiger partial charge in [0.25, 0.3) is 0 Å². The topological polar surface area (TPSA) is 58.1 Å². The Morgan fingerprint density at radius 2 is 1.88 bits per heavy atom. The Hall–Kier alpha value is -1.84. The molecule has 0 aromatic heterocycles. The van der Waals surface area contributed by atoms with Gasteiger partial charge in [0.05, 0.1) is 26.4 Å². The molecule has 176 valence electrons. The van der Waals surface area contributed by atoms with Gasteiger partial charge in [0.1, 0.15) is 0 Å². The molecule has 0 spiro atoms. The van der Waals surface area contributed by atoms with E-state index in [9.17, 15) is 0 Å². The standard InChI is InChI=1S/C25H36N4O2.HI/c1-3-26-25(28-17-21-9-11-24(12-10-21)27-14-16-30-2)29-15-13-23(18-29)20-31-19-22-7-5-4-6-8-22;/h4-12,23,27H,3,13-20H2,1-2H3,(H,26,28);1H. The van der Waals surface area contributed by atoms with Crippen LogP contribution in [0, 0.1) is 5.92 Å². The van der Waals surface area contributed by atoms with E-state index in [1.54, 1.807) is 7.11 Å². The van der Waals surface area contributed by atoms with Crippen LogP contribution in [-0.2, 0) is 22.6 Å². The molecule has 0 amide bonds. The van der Waals surface area contributed by atoms with Crippen LogP contribution in [0.2, 0.25) is 0 Å². The second-order valence-electron chi connectivity index (χ2n) is 7.89. The third-order valence-corrected chi connectivity index (χ3v) is 5.39. The lowest BCUT2D eigenvalue weighted by molar-refractivity contribution is 0.0906. The summed E-state index contributed by atoms with van der Waals surface area (Å²) in [6, 6.07) is 18.8. The van der Waals surface area contributed by atoms with E-state index in [4.69, 9.17) is 14.5 Å². The van der Waals surface area contributed by atoms with Gasteiger partial charge in [0, 0.05) is 44.9 Å². The Morgan fingerprint density at radius 1 is 1.09 bits per heavy atom. The monoisotopic (exact) mass is 552 g/mol. The fourth-order valence-electron chi connectivity index (χ4n) is 3.70. The molecule has 0 aliphatic carbocycles. The van der Waals surface area contributed by atoms with Gasteiger partial charge < -0.3 is 25.0 Å². The van der Waals surface area contributed by atoms with E-state index in [2.05, 4.69) is 71.0 Å². The maximum Gasteiger partial charge on any atom is 0.194 e. The van der Waals surface area contributed by atoms with Gasteiger partial charge in [0.15, 0.2) is 5.96 Å². The van der Waals surface area contributed by atoms with Crippen molar-refractivity contribution in [2.75, 3.05) is 51.8 Å². The normalized spacial score (nSPS) is 16.0. The highest BCUT2D eigenvalue weighted by molar-refractivity contribution is 14.0. The van der Waals surface area contributed by atoms with Crippen molar-refractivity contribution in [2.45, 2.75) is 26.5 Å². The predicted octanol–water partition coefficient (Wildman–Crippen LogP) is 4.37. The minimum Gasteiger partial charge on any atom is -0.383 e. The molecule has 1 saturated heterocycles. The maximum atomic E-state index is 5.97. The van der Waals surface area contributed by atoms with Crippen LogP contribution in [0.5, 0.6) is 0 Å². The molecule has 1 aliphatic heterocycles. The zero-order chi connectivity index (χ0) is 21.7. The van der Waals surface area contributed by atoms with E-state index in [1.165, 1.54) is 11.1 Å². The number of aliphatic imine (C=N–C) groups is 1. The average Bonchev–Trinajstić information content (AvgIpc) is 3.27. The molecule has 1 heterocycles. The van der Waals surface area contributed by atoms with Crippen molar-refractivity contribution in [1.29, 1.82) is 0 Å². The Balaban J connectivity index is 0.00000363. The Kier molecular flexibility index (Phi) is 12.4. The summed E-state index contributed by atoms with van der Waals surface area (Å²) in [7, 11) is 1.71. The van der Waals surface area contributed by atoms with Gasteiger partial charge in [-0.2, -0.15) is 0 Å².